The zero-order valence-electron chi connectivity index (χ0n) is 10.9. The van der Waals surface area contributed by atoms with Gasteiger partial charge in [-0.2, -0.15) is 0 Å². The van der Waals surface area contributed by atoms with E-state index in [9.17, 15) is 4.79 Å². The Morgan fingerprint density at radius 1 is 1.39 bits per heavy atom. The fraction of sp³-hybridized carbons (Fsp3) is 0.500. The number of rotatable bonds is 6. The summed E-state index contributed by atoms with van der Waals surface area (Å²) in [5.74, 6) is 0.154. The van der Waals surface area contributed by atoms with Gasteiger partial charge in [0.1, 0.15) is 0 Å². The molecule has 1 unspecified atom stereocenters. The van der Waals surface area contributed by atoms with Crippen LogP contribution >= 0.6 is 11.8 Å². The summed E-state index contributed by atoms with van der Waals surface area (Å²) in [6.07, 6.45) is 2.28. The van der Waals surface area contributed by atoms with E-state index >= 15 is 0 Å². The van der Waals surface area contributed by atoms with Crippen LogP contribution in [-0.2, 0) is 11.3 Å². The molecule has 18 heavy (non-hydrogen) atoms. The van der Waals surface area contributed by atoms with Crippen LogP contribution in [0.4, 0.5) is 0 Å². The van der Waals surface area contributed by atoms with Gasteiger partial charge in [-0.25, -0.2) is 0 Å². The minimum atomic E-state index is -0.0271. The highest BCUT2D eigenvalue weighted by atomic mass is 32.2. The summed E-state index contributed by atoms with van der Waals surface area (Å²) >= 11 is 1.62. The Morgan fingerprint density at radius 3 is 2.61 bits per heavy atom. The number of hydrogen-bond acceptors (Lipinski definition) is 3. The highest BCUT2D eigenvalue weighted by Crippen LogP contribution is 2.25. The molecule has 2 rings (SSSR count). The number of carbonyl (C=O) groups is 1. The zero-order chi connectivity index (χ0) is 13.0. The SMILES string of the molecule is CNCc1ccc(SC(C)C(=O)NC2CC2)cc1. The molecule has 0 spiro atoms. The maximum atomic E-state index is 11.8. The normalized spacial score (nSPS) is 16.3. The number of benzene rings is 1. The molecule has 1 aromatic carbocycles. The molecule has 98 valence electrons. The van der Waals surface area contributed by atoms with Gasteiger partial charge in [-0.05, 0) is 44.5 Å². The van der Waals surface area contributed by atoms with E-state index in [0.717, 1.165) is 24.3 Å². The number of carbonyl (C=O) groups excluding carboxylic acids is 1. The second kappa shape index (κ2) is 6.25. The zero-order valence-corrected chi connectivity index (χ0v) is 11.7. The monoisotopic (exact) mass is 264 g/mol. The fourth-order valence-corrected chi connectivity index (χ4v) is 2.57. The molecule has 1 aliphatic rings. The molecular formula is C14H20N2OS. The van der Waals surface area contributed by atoms with Gasteiger partial charge in [0.2, 0.25) is 5.91 Å². The van der Waals surface area contributed by atoms with E-state index in [1.54, 1.807) is 11.8 Å². The van der Waals surface area contributed by atoms with Gasteiger partial charge in [-0.1, -0.05) is 12.1 Å². The molecule has 0 saturated heterocycles. The maximum absolute atomic E-state index is 11.8. The van der Waals surface area contributed by atoms with Crippen molar-refractivity contribution in [3.05, 3.63) is 29.8 Å². The molecule has 0 radical (unpaired) electrons. The van der Waals surface area contributed by atoms with E-state index < -0.39 is 0 Å². The molecule has 1 aromatic rings. The number of thioether (sulfide) groups is 1. The van der Waals surface area contributed by atoms with Crippen LogP contribution in [-0.4, -0.2) is 24.2 Å². The van der Waals surface area contributed by atoms with Crippen molar-refractivity contribution in [2.75, 3.05) is 7.05 Å². The Balaban J connectivity index is 1.85. The molecular weight excluding hydrogens is 244 g/mol. The van der Waals surface area contributed by atoms with Crippen molar-refractivity contribution < 1.29 is 4.79 Å². The van der Waals surface area contributed by atoms with E-state index in [2.05, 4.69) is 34.9 Å². The summed E-state index contributed by atoms with van der Waals surface area (Å²) in [7, 11) is 1.94. The van der Waals surface area contributed by atoms with Crippen LogP contribution in [0.25, 0.3) is 0 Å². The first kappa shape index (κ1) is 13.4. The predicted octanol–water partition coefficient (Wildman–Crippen LogP) is 2.17. The molecule has 4 heteroatoms. The molecule has 0 heterocycles. The van der Waals surface area contributed by atoms with Crippen molar-refractivity contribution in [2.45, 2.75) is 42.5 Å². The standard InChI is InChI=1S/C14H20N2OS/c1-10(14(17)16-12-5-6-12)18-13-7-3-11(4-8-13)9-15-2/h3-4,7-8,10,12,15H,5-6,9H2,1-2H3,(H,16,17). The number of nitrogens with one attached hydrogen (secondary N) is 2. The first-order chi connectivity index (χ1) is 8.69. The molecule has 3 nitrogen and oxygen atoms in total. The van der Waals surface area contributed by atoms with Crippen molar-refractivity contribution in [1.29, 1.82) is 0 Å². The van der Waals surface area contributed by atoms with Gasteiger partial charge in [0, 0.05) is 17.5 Å². The van der Waals surface area contributed by atoms with Gasteiger partial charge >= 0.3 is 0 Å². The minimum Gasteiger partial charge on any atom is -0.352 e. The van der Waals surface area contributed by atoms with Gasteiger partial charge in [-0.15, -0.1) is 11.8 Å². The molecule has 0 aromatic heterocycles. The van der Waals surface area contributed by atoms with Crippen LogP contribution in [0.3, 0.4) is 0 Å². The van der Waals surface area contributed by atoms with Crippen LogP contribution in [0.2, 0.25) is 0 Å². The summed E-state index contributed by atoms with van der Waals surface area (Å²) in [5.41, 5.74) is 1.26. The first-order valence-corrected chi connectivity index (χ1v) is 7.27. The van der Waals surface area contributed by atoms with Gasteiger partial charge in [0.05, 0.1) is 5.25 Å². The molecule has 1 aliphatic carbocycles. The molecule has 1 atom stereocenters. The Kier molecular flexibility index (Phi) is 4.66. The van der Waals surface area contributed by atoms with Gasteiger partial charge in [-0.3, -0.25) is 4.79 Å². The number of amides is 1. The number of hydrogen-bond donors (Lipinski definition) is 2. The Hall–Kier alpha value is -1.00. The molecule has 2 N–H and O–H groups in total. The molecule has 1 fully saturated rings. The minimum absolute atomic E-state index is 0.0271. The van der Waals surface area contributed by atoms with Gasteiger partial charge < -0.3 is 10.6 Å². The summed E-state index contributed by atoms with van der Waals surface area (Å²) < 4.78 is 0. The highest BCUT2D eigenvalue weighted by molar-refractivity contribution is 8.00. The van der Waals surface area contributed by atoms with Gasteiger partial charge in [0.15, 0.2) is 0 Å². The van der Waals surface area contributed by atoms with Crippen LogP contribution in [0.5, 0.6) is 0 Å². The predicted molar refractivity (Wildman–Crippen MR) is 75.7 cm³/mol. The van der Waals surface area contributed by atoms with Crippen molar-refractivity contribution in [3.63, 3.8) is 0 Å². The van der Waals surface area contributed by atoms with E-state index in [0.29, 0.717) is 6.04 Å². The molecule has 0 aliphatic heterocycles. The third kappa shape index (κ3) is 4.03. The lowest BCUT2D eigenvalue weighted by molar-refractivity contribution is -0.120. The highest BCUT2D eigenvalue weighted by Gasteiger charge is 2.25. The summed E-state index contributed by atoms with van der Waals surface area (Å²) in [5, 5.41) is 6.13. The lowest BCUT2D eigenvalue weighted by Gasteiger charge is -2.11. The Morgan fingerprint density at radius 2 is 2.06 bits per heavy atom. The van der Waals surface area contributed by atoms with Crippen molar-refractivity contribution in [1.82, 2.24) is 10.6 Å². The molecule has 1 amide bonds. The first-order valence-electron chi connectivity index (χ1n) is 6.39. The molecule has 1 saturated carbocycles. The third-order valence-corrected chi connectivity index (χ3v) is 4.02. The van der Waals surface area contributed by atoms with Crippen molar-refractivity contribution in [3.8, 4) is 0 Å². The van der Waals surface area contributed by atoms with Crippen molar-refractivity contribution in [2.24, 2.45) is 0 Å². The summed E-state index contributed by atoms with van der Waals surface area (Å²) in [6.45, 7) is 2.84. The van der Waals surface area contributed by atoms with Gasteiger partial charge in [0.25, 0.3) is 0 Å². The smallest absolute Gasteiger partial charge is 0.233 e. The fourth-order valence-electron chi connectivity index (χ4n) is 1.69. The van der Waals surface area contributed by atoms with E-state index in [1.165, 1.54) is 5.56 Å². The Labute approximate surface area is 113 Å². The van der Waals surface area contributed by atoms with E-state index in [4.69, 9.17) is 0 Å². The van der Waals surface area contributed by atoms with Crippen LogP contribution in [0, 0.1) is 0 Å². The average Bonchev–Trinajstić information content (AvgIpc) is 3.16. The maximum Gasteiger partial charge on any atom is 0.233 e. The summed E-state index contributed by atoms with van der Waals surface area (Å²) in [4.78, 5) is 13.0. The lowest BCUT2D eigenvalue weighted by atomic mass is 10.2. The van der Waals surface area contributed by atoms with Crippen LogP contribution in [0.15, 0.2) is 29.2 Å². The topological polar surface area (TPSA) is 41.1 Å². The van der Waals surface area contributed by atoms with E-state index in [-0.39, 0.29) is 11.2 Å². The van der Waals surface area contributed by atoms with Crippen molar-refractivity contribution >= 4 is 17.7 Å². The quantitative estimate of drug-likeness (QED) is 0.774. The largest absolute Gasteiger partial charge is 0.352 e. The lowest BCUT2D eigenvalue weighted by Crippen LogP contribution is -2.32. The van der Waals surface area contributed by atoms with Crippen LogP contribution in [0.1, 0.15) is 25.3 Å². The third-order valence-electron chi connectivity index (χ3n) is 2.91. The second-order valence-electron chi connectivity index (χ2n) is 4.72. The second-order valence-corrected chi connectivity index (χ2v) is 6.13. The van der Waals surface area contributed by atoms with Crippen LogP contribution < -0.4 is 10.6 Å². The average molecular weight is 264 g/mol. The summed E-state index contributed by atoms with van der Waals surface area (Å²) in [6, 6.07) is 8.81. The van der Waals surface area contributed by atoms with E-state index in [1.807, 2.05) is 14.0 Å². The molecule has 0 bridgehead atoms. The Bertz CT molecular complexity index is 401.